The molecule has 2 aromatic rings. The van der Waals surface area contributed by atoms with Gasteiger partial charge in [0.1, 0.15) is 11.5 Å². The predicted molar refractivity (Wildman–Crippen MR) is 129 cm³/mol. The van der Waals surface area contributed by atoms with Gasteiger partial charge in [0.2, 0.25) is 0 Å². The topological polar surface area (TPSA) is 65.0 Å². The van der Waals surface area contributed by atoms with Gasteiger partial charge in [-0.15, -0.1) is 0 Å². The van der Waals surface area contributed by atoms with Crippen LogP contribution in [0, 0.1) is 11.3 Å². The molecule has 0 amide bonds. The van der Waals surface area contributed by atoms with Gasteiger partial charge in [-0.1, -0.05) is 45.1 Å². The standard InChI is InChI=1S/C27H36O5/c1-21(19-31-20-29)17-27(2,3)12-5-13-32-26-15-23(14-24(16-26)18-28)7-6-22-8-10-25(30-4)11-9-22/h6-11,14-16,20-21,28H,5,12-13,17-19H2,1-4H3/b7-6+/i4D3. The van der Waals surface area contributed by atoms with Crippen molar-refractivity contribution in [1.82, 2.24) is 0 Å². The molecular weight excluding hydrogens is 404 g/mol. The highest BCUT2D eigenvalue weighted by Gasteiger charge is 2.21. The van der Waals surface area contributed by atoms with Crippen LogP contribution in [0.4, 0.5) is 0 Å². The lowest BCUT2D eigenvalue weighted by Crippen LogP contribution is -2.19. The van der Waals surface area contributed by atoms with E-state index in [2.05, 4.69) is 20.8 Å². The molecule has 0 fully saturated rings. The van der Waals surface area contributed by atoms with Crippen LogP contribution in [0.2, 0.25) is 0 Å². The quantitative estimate of drug-likeness (QED) is 0.229. The molecule has 0 aromatic heterocycles. The molecule has 0 radical (unpaired) electrons. The second-order valence-electron chi connectivity index (χ2n) is 8.93. The van der Waals surface area contributed by atoms with Gasteiger partial charge < -0.3 is 19.3 Å². The van der Waals surface area contributed by atoms with Crippen molar-refractivity contribution in [3.63, 3.8) is 0 Å². The van der Waals surface area contributed by atoms with Crippen molar-refractivity contribution in [3.8, 4) is 11.5 Å². The lowest BCUT2D eigenvalue weighted by Gasteiger charge is -2.27. The third kappa shape index (κ3) is 9.15. The van der Waals surface area contributed by atoms with Gasteiger partial charge in [-0.05, 0) is 77.6 Å². The predicted octanol–water partition coefficient (Wildman–Crippen LogP) is 5.74. The Bertz CT molecular complexity index is 952. The average Bonchev–Trinajstić information content (AvgIpc) is 2.78. The van der Waals surface area contributed by atoms with Crippen LogP contribution in [0.3, 0.4) is 0 Å². The molecule has 0 aliphatic carbocycles. The fraction of sp³-hybridized carbons (Fsp3) is 0.444. The molecule has 0 heterocycles. The Balaban J connectivity index is 1.93. The minimum Gasteiger partial charge on any atom is -0.497 e. The van der Waals surface area contributed by atoms with E-state index in [1.165, 1.54) is 0 Å². The van der Waals surface area contributed by atoms with Crippen molar-refractivity contribution in [2.24, 2.45) is 11.3 Å². The Kier molecular flexibility index (Phi) is 8.51. The molecule has 5 nitrogen and oxygen atoms in total. The summed E-state index contributed by atoms with van der Waals surface area (Å²) in [5, 5.41) is 9.65. The minimum absolute atomic E-state index is 0.0903. The molecule has 0 spiro atoms. The summed E-state index contributed by atoms with van der Waals surface area (Å²) < 4.78 is 37.2. The maximum absolute atomic E-state index is 10.4. The first kappa shape index (κ1) is 21.1. The zero-order valence-corrected chi connectivity index (χ0v) is 19.2. The Labute approximate surface area is 196 Å². The molecular formula is C27H36O5. The van der Waals surface area contributed by atoms with Crippen LogP contribution in [-0.2, 0) is 16.1 Å². The van der Waals surface area contributed by atoms with E-state index in [0.29, 0.717) is 31.4 Å². The number of hydrogen-bond donors (Lipinski definition) is 1. The molecule has 0 saturated carbocycles. The smallest absolute Gasteiger partial charge is 0.293 e. The van der Waals surface area contributed by atoms with Gasteiger partial charge in [0.05, 0.1) is 31.0 Å². The number of rotatable bonds is 14. The zero-order valence-electron chi connectivity index (χ0n) is 22.2. The van der Waals surface area contributed by atoms with Gasteiger partial charge in [0.25, 0.3) is 6.47 Å². The Morgan fingerprint density at radius 1 is 1.09 bits per heavy atom. The number of aliphatic hydroxyl groups is 1. The van der Waals surface area contributed by atoms with Crippen molar-refractivity contribution in [1.29, 1.82) is 0 Å². The van der Waals surface area contributed by atoms with Crippen LogP contribution in [0.5, 0.6) is 11.5 Å². The van der Waals surface area contributed by atoms with E-state index in [9.17, 15) is 9.90 Å². The molecule has 1 N–H and O–H groups in total. The fourth-order valence-electron chi connectivity index (χ4n) is 3.84. The number of carbonyl (C=O) groups is 1. The highest BCUT2D eigenvalue weighted by molar-refractivity contribution is 5.70. The highest BCUT2D eigenvalue weighted by atomic mass is 16.5. The van der Waals surface area contributed by atoms with Gasteiger partial charge >= 0.3 is 0 Å². The fourth-order valence-corrected chi connectivity index (χ4v) is 3.84. The lowest BCUT2D eigenvalue weighted by molar-refractivity contribution is -0.130. The Morgan fingerprint density at radius 3 is 2.53 bits per heavy atom. The molecule has 174 valence electrons. The molecule has 2 rings (SSSR count). The van der Waals surface area contributed by atoms with Crippen molar-refractivity contribution in [2.75, 3.05) is 20.3 Å². The van der Waals surface area contributed by atoms with Crippen molar-refractivity contribution < 1.29 is 28.2 Å². The van der Waals surface area contributed by atoms with E-state index < -0.39 is 7.04 Å². The van der Waals surface area contributed by atoms with Crippen LogP contribution < -0.4 is 9.47 Å². The first-order valence-corrected chi connectivity index (χ1v) is 10.9. The monoisotopic (exact) mass is 443 g/mol. The number of aliphatic hydroxyl groups excluding tert-OH is 1. The maximum Gasteiger partial charge on any atom is 0.293 e. The zero-order chi connectivity index (χ0) is 25.9. The lowest BCUT2D eigenvalue weighted by atomic mass is 9.80. The SMILES string of the molecule is [2H]C([2H])([2H])Oc1ccc(/C=C/c2cc(CO)cc(OCCCC(C)(C)CC(C)COC=O)c2)cc1. The van der Waals surface area contributed by atoms with Gasteiger partial charge in [0.15, 0.2) is 0 Å². The van der Waals surface area contributed by atoms with E-state index in [0.717, 1.165) is 36.0 Å². The molecule has 1 unspecified atom stereocenters. The second kappa shape index (κ2) is 12.9. The summed E-state index contributed by atoms with van der Waals surface area (Å²) >= 11 is 0. The molecule has 0 aliphatic heterocycles. The molecule has 0 saturated heterocycles. The summed E-state index contributed by atoms with van der Waals surface area (Å²) in [4.78, 5) is 10.4. The number of methoxy groups -OCH3 is 1. The summed E-state index contributed by atoms with van der Waals surface area (Å²) in [6.07, 6.45) is 6.63. The highest BCUT2D eigenvalue weighted by Crippen LogP contribution is 2.31. The first-order valence-electron chi connectivity index (χ1n) is 12.4. The van der Waals surface area contributed by atoms with Crippen LogP contribution in [0.1, 0.15) is 60.8 Å². The molecule has 5 heteroatoms. The molecule has 2 aromatic carbocycles. The third-order valence-corrected chi connectivity index (χ3v) is 5.25. The average molecular weight is 444 g/mol. The van der Waals surface area contributed by atoms with Gasteiger partial charge in [-0.25, -0.2) is 0 Å². The summed E-state index contributed by atoms with van der Waals surface area (Å²) in [6.45, 7) is 7.90. The summed E-state index contributed by atoms with van der Waals surface area (Å²) in [5.74, 6) is 1.28. The molecule has 1 atom stereocenters. The van der Waals surface area contributed by atoms with Crippen molar-refractivity contribution in [2.45, 2.75) is 46.6 Å². The number of ether oxygens (including phenoxy) is 3. The number of benzene rings is 2. The van der Waals surface area contributed by atoms with Crippen molar-refractivity contribution >= 4 is 18.6 Å². The molecule has 0 aliphatic rings. The minimum atomic E-state index is -2.47. The largest absolute Gasteiger partial charge is 0.497 e. The van der Waals surface area contributed by atoms with E-state index in [4.69, 9.17) is 18.3 Å². The Morgan fingerprint density at radius 2 is 1.84 bits per heavy atom. The van der Waals surface area contributed by atoms with Gasteiger partial charge in [-0.2, -0.15) is 0 Å². The van der Waals surface area contributed by atoms with E-state index in [1.807, 2.05) is 30.4 Å². The molecule has 0 bridgehead atoms. The summed E-state index contributed by atoms with van der Waals surface area (Å²) in [7, 11) is -2.47. The van der Waals surface area contributed by atoms with Crippen LogP contribution in [0.25, 0.3) is 12.2 Å². The van der Waals surface area contributed by atoms with Crippen molar-refractivity contribution in [3.05, 3.63) is 59.2 Å². The van der Waals surface area contributed by atoms with E-state index in [1.54, 1.807) is 24.3 Å². The Hall–Kier alpha value is -2.79. The van der Waals surface area contributed by atoms with Crippen LogP contribution >= 0.6 is 0 Å². The summed E-state index contributed by atoms with van der Waals surface area (Å²) in [6, 6.07) is 12.4. The summed E-state index contributed by atoms with van der Waals surface area (Å²) in [5.41, 5.74) is 2.64. The number of carbonyl (C=O) groups excluding carboxylic acids is 1. The van der Waals surface area contributed by atoms with Gasteiger partial charge in [-0.3, -0.25) is 4.79 Å². The van der Waals surface area contributed by atoms with E-state index >= 15 is 0 Å². The van der Waals surface area contributed by atoms with Crippen LogP contribution in [-0.4, -0.2) is 31.8 Å². The van der Waals surface area contributed by atoms with Crippen LogP contribution in [0.15, 0.2) is 42.5 Å². The number of hydrogen-bond acceptors (Lipinski definition) is 5. The first-order chi connectivity index (χ1) is 16.5. The second-order valence-corrected chi connectivity index (χ2v) is 8.93. The van der Waals surface area contributed by atoms with E-state index in [-0.39, 0.29) is 17.8 Å². The third-order valence-electron chi connectivity index (χ3n) is 5.25. The normalized spacial score (nSPS) is 14.3. The van der Waals surface area contributed by atoms with Gasteiger partial charge in [0, 0.05) is 0 Å². The molecule has 32 heavy (non-hydrogen) atoms. The maximum atomic E-state index is 10.4.